The molecule has 1 aromatic heterocycles. The van der Waals surface area contributed by atoms with Crippen molar-refractivity contribution < 1.29 is 9.59 Å². The van der Waals surface area contributed by atoms with Crippen molar-refractivity contribution in [3.63, 3.8) is 0 Å². The Morgan fingerprint density at radius 1 is 1.30 bits per heavy atom. The molecule has 20 heavy (non-hydrogen) atoms. The van der Waals surface area contributed by atoms with Crippen LogP contribution in [0.25, 0.3) is 10.2 Å². The number of nitrogens with zero attached hydrogens (tertiary/aromatic N) is 1. The number of benzene rings is 1. The van der Waals surface area contributed by atoms with Crippen molar-refractivity contribution in [2.45, 2.75) is 6.92 Å². The summed E-state index contributed by atoms with van der Waals surface area (Å²) >= 11 is 1.37. The first-order valence-electron chi connectivity index (χ1n) is 5.71. The van der Waals surface area contributed by atoms with Gasteiger partial charge in [0.2, 0.25) is 11.8 Å². The van der Waals surface area contributed by atoms with E-state index >= 15 is 0 Å². The second-order valence-electron chi connectivity index (χ2n) is 3.96. The first kappa shape index (κ1) is 16.4. The van der Waals surface area contributed by atoms with E-state index in [2.05, 4.69) is 20.9 Å². The van der Waals surface area contributed by atoms with E-state index in [0.29, 0.717) is 5.13 Å². The summed E-state index contributed by atoms with van der Waals surface area (Å²) in [5.41, 5.74) is 1.51. The van der Waals surface area contributed by atoms with Crippen LogP contribution in [0.5, 0.6) is 0 Å². The van der Waals surface area contributed by atoms with Gasteiger partial charge in [0, 0.05) is 12.6 Å². The second kappa shape index (κ2) is 7.18. The van der Waals surface area contributed by atoms with Gasteiger partial charge in [-0.1, -0.05) is 11.3 Å². The summed E-state index contributed by atoms with van der Waals surface area (Å²) < 4.78 is 0.908. The van der Waals surface area contributed by atoms with Crippen molar-refractivity contribution in [2.24, 2.45) is 0 Å². The Balaban J connectivity index is 0.00000200. The minimum atomic E-state index is -0.136. The first-order chi connectivity index (χ1) is 9.08. The molecule has 2 aromatic rings. The van der Waals surface area contributed by atoms with Crippen molar-refractivity contribution >= 4 is 56.6 Å². The van der Waals surface area contributed by atoms with Crippen molar-refractivity contribution in [3.8, 4) is 0 Å². The lowest BCUT2D eigenvalue weighted by Crippen LogP contribution is -2.24. The normalized spacial score (nSPS) is 9.90. The Hall–Kier alpha value is -1.70. The number of nitrogens with one attached hydrogen (secondary N) is 3. The van der Waals surface area contributed by atoms with Crippen LogP contribution >= 0.6 is 23.7 Å². The van der Waals surface area contributed by atoms with Crippen LogP contribution < -0.4 is 16.0 Å². The number of thiazole rings is 1. The highest BCUT2D eigenvalue weighted by Gasteiger charge is 2.08. The summed E-state index contributed by atoms with van der Waals surface area (Å²) in [6.07, 6.45) is 0. The summed E-state index contributed by atoms with van der Waals surface area (Å²) in [7, 11) is 1.71. The fourth-order valence-electron chi connectivity index (χ4n) is 1.58. The van der Waals surface area contributed by atoms with Crippen LogP contribution in [0.4, 0.5) is 10.8 Å². The molecular formula is C12H15ClN4O2S. The lowest BCUT2D eigenvalue weighted by atomic mass is 10.3. The molecule has 0 radical (unpaired) electrons. The second-order valence-corrected chi connectivity index (χ2v) is 4.99. The Labute approximate surface area is 126 Å². The van der Waals surface area contributed by atoms with Crippen LogP contribution in [0.3, 0.4) is 0 Å². The average Bonchev–Trinajstić information content (AvgIpc) is 2.69. The van der Waals surface area contributed by atoms with Crippen LogP contribution in [0.2, 0.25) is 0 Å². The number of rotatable bonds is 4. The molecule has 8 heteroatoms. The molecule has 1 aromatic carbocycles. The number of carbonyl (C=O) groups excluding carboxylic acids is 2. The third kappa shape index (κ3) is 4.16. The van der Waals surface area contributed by atoms with E-state index in [1.165, 1.54) is 18.3 Å². The van der Waals surface area contributed by atoms with E-state index in [1.807, 2.05) is 12.1 Å². The molecule has 2 rings (SSSR count). The Morgan fingerprint density at radius 3 is 2.70 bits per heavy atom. The van der Waals surface area contributed by atoms with E-state index < -0.39 is 0 Å². The fraction of sp³-hybridized carbons (Fsp3) is 0.250. The van der Waals surface area contributed by atoms with E-state index in [1.54, 1.807) is 13.1 Å². The number of halogens is 1. The molecule has 0 saturated carbocycles. The van der Waals surface area contributed by atoms with E-state index in [9.17, 15) is 9.59 Å². The number of anilines is 2. The summed E-state index contributed by atoms with van der Waals surface area (Å²) in [6, 6.07) is 5.43. The molecule has 6 nitrogen and oxygen atoms in total. The summed E-state index contributed by atoms with van der Waals surface area (Å²) in [4.78, 5) is 26.7. The third-order valence-electron chi connectivity index (χ3n) is 2.29. The Morgan fingerprint density at radius 2 is 2.05 bits per heavy atom. The van der Waals surface area contributed by atoms with Gasteiger partial charge in [0.1, 0.15) is 0 Å². The molecule has 0 fully saturated rings. The first-order valence-corrected chi connectivity index (χ1v) is 6.53. The number of aromatic nitrogens is 1. The standard InChI is InChI=1S/C12H14N4O2S.ClH/c1-7(17)14-8-3-4-9-10(5-8)19-12(15-9)16-11(18)6-13-2;/h3-5,13H,6H2,1-2H3,(H,14,17)(H,15,16,18);1H. The smallest absolute Gasteiger partial charge is 0.240 e. The quantitative estimate of drug-likeness (QED) is 0.804. The predicted octanol–water partition coefficient (Wildman–Crippen LogP) is 1.83. The van der Waals surface area contributed by atoms with Crippen LogP contribution in [0.15, 0.2) is 18.2 Å². The number of amides is 2. The molecule has 0 saturated heterocycles. The zero-order valence-electron chi connectivity index (χ0n) is 11.0. The molecular weight excluding hydrogens is 300 g/mol. The maximum absolute atomic E-state index is 11.4. The van der Waals surface area contributed by atoms with Gasteiger partial charge in [-0.3, -0.25) is 9.59 Å². The summed E-state index contributed by atoms with van der Waals surface area (Å²) in [5, 5.41) is 8.74. The number of hydrogen-bond donors (Lipinski definition) is 3. The molecule has 0 aliphatic rings. The molecule has 3 N–H and O–H groups in total. The van der Waals surface area contributed by atoms with Gasteiger partial charge < -0.3 is 16.0 Å². The van der Waals surface area contributed by atoms with E-state index in [4.69, 9.17) is 0 Å². The van der Waals surface area contributed by atoms with Gasteiger partial charge in [-0.25, -0.2) is 4.98 Å². The number of fused-ring (bicyclic) bond motifs is 1. The zero-order valence-corrected chi connectivity index (χ0v) is 12.7. The largest absolute Gasteiger partial charge is 0.326 e. The van der Waals surface area contributed by atoms with Crippen molar-refractivity contribution in [2.75, 3.05) is 24.2 Å². The Bertz CT molecular complexity index is 629. The van der Waals surface area contributed by atoms with E-state index in [0.717, 1.165) is 15.9 Å². The number of carbonyl (C=O) groups is 2. The van der Waals surface area contributed by atoms with Gasteiger partial charge in [0.15, 0.2) is 5.13 Å². The SMILES string of the molecule is CNCC(=O)Nc1nc2ccc(NC(C)=O)cc2s1.Cl. The predicted molar refractivity (Wildman–Crippen MR) is 83.7 cm³/mol. The van der Waals surface area contributed by atoms with Crippen LogP contribution in [-0.2, 0) is 9.59 Å². The minimum absolute atomic E-state index is 0. The van der Waals surface area contributed by atoms with Gasteiger partial charge in [0.05, 0.1) is 16.8 Å². The topological polar surface area (TPSA) is 83.1 Å². The maximum atomic E-state index is 11.4. The van der Waals surface area contributed by atoms with Gasteiger partial charge in [0.25, 0.3) is 0 Å². The molecule has 108 valence electrons. The number of hydrogen-bond acceptors (Lipinski definition) is 5. The van der Waals surface area contributed by atoms with Crippen LogP contribution in [0.1, 0.15) is 6.92 Å². The molecule has 0 spiro atoms. The molecule has 0 aliphatic heterocycles. The van der Waals surface area contributed by atoms with Crippen LogP contribution in [0, 0.1) is 0 Å². The molecule has 1 heterocycles. The molecule has 0 atom stereocenters. The molecule has 2 amide bonds. The lowest BCUT2D eigenvalue weighted by molar-refractivity contribution is -0.115. The maximum Gasteiger partial charge on any atom is 0.240 e. The monoisotopic (exact) mass is 314 g/mol. The highest BCUT2D eigenvalue weighted by molar-refractivity contribution is 7.22. The molecule has 0 aliphatic carbocycles. The summed E-state index contributed by atoms with van der Waals surface area (Å²) in [5.74, 6) is -0.255. The van der Waals surface area contributed by atoms with Gasteiger partial charge in [-0.05, 0) is 25.2 Å². The van der Waals surface area contributed by atoms with Crippen molar-refractivity contribution in [3.05, 3.63) is 18.2 Å². The van der Waals surface area contributed by atoms with Crippen LogP contribution in [-0.4, -0.2) is 30.4 Å². The molecule has 0 unspecified atom stereocenters. The van der Waals surface area contributed by atoms with Gasteiger partial charge in [-0.15, -0.1) is 12.4 Å². The van der Waals surface area contributed by atoms with Gasteiger partial charge >= 0.3 is 0 Å². The molecule has 0 bridgehead atoms. The lowest BCUT2D eigenvalue weighted by Gasteiger charge is -1.99. The van der Waals surface area contributed by atoms with Crippen molar-refractivity contribution in [1.82, 2.24) is 10.3 Å². The minimum Gasteiger partial charge on any atom is -0.326 e. The Kier molecular flexibility index (Phi) is 5.87. The van der Waals surface area contributed by atoms with Gasteiger partial charge in [-0.2, -0.15) is 0 Å². The zero-order chi connectivity index (χ0) is 13.8. The highest BCUT2D eigenvalue weighted by atomic mass is 35.5. The fourth-order valence-corrected chi connectivity index (χ4v) is 2.50. The van der Waals surface area contributed by atoms with Crippen molar-refractivity contribution in [1.29, 1.82) is 0 Å². The number of likely N-dealkylation sites (N-methyl/N-ethyl adjacent to an activating group) is 1. The summed E-state index contributed by atoms with van der Waals surface area (Å²) in [6.45, 7) is 1.70. The average molecular weight is 315 g/mol. The van der Waals surface area contributed by atoms with E-state index in [-0.39, 0.29) is 30.8 Å². The third-order valence-corrected chi connectivity index (χ3v) is 3.23. The highest BCUT2D eigenvalue weighted by Crippen LogP contribution is 2.28.